The molecule has 1 fully saturated rings. The van der Waals surface area contributed by atoms with E-state index >= 15 is 0 Å². The number of anilines is 1. The van der Waals surface area contributed by atoms with Gasteiger partial charge >= 0.3 is 5.51 Å². The van der Waals surface area contributed by atoms with Gasteiger partial charge in [-0.1, -0.05) is 12.1 Å². The summed E-state index contributed by atoms with van der Waals surface area (Å²) in [6.45, 7) is -0.0675. The largest absolute Gasteiger partial charge is 0.501 e. The van der Waals surface area contributed by atoms with Crippen molar-refractivity contribution in [1.82, 2.24) is 4.31 Å². The summed E-state index contributed by atoms with van der Waals surface area (Å²) in [4.78, 5) is 0.548. The van der Waals surface area contributed by atoms with E-state index in [1.807, 2.05) is 0 Å². The van der Waals surface area contributed by atoms with E-state index in [0.717, 1.165) is 6.07 Å². The molecule has 0 radical (unpaired) electrons. The van der Waals surface area contributed by atoms with Crippen molar-refractivity contribution in [3.8, 4) is 11.5 Å². The number of rotatable bonds is 6. The van der Waals surface area contributed by atoms with Crippen LogP contribution in [-0.4, -0.2) is 67.0 Å². The molecular weight excluding hydrogens is 473 g/mol. The van der Waals surface area contributed by atoms with Crippen LogP contribution in [-0.2, 0) is 19.9 Å². The molecule has 0 N–H and O–H groups in total. The maximum absolute atomic E-state index is 13.1. The minimum absolute atomic E-state index is 0.0108. The van der Waals surface area contributed by atoms with Crippen molar-refractivity contribution in [2.45, 2.75) is 15.3 Å². The van der Waals surface area contributed by atoms with Gasteiger partial charge in [0.2, 0.25) is 10.0 Å². The molecule has 1 aliphatic heterocycles. The van der Waals surface area contributed by atoms with Gasteiger partial charge in [-0.15, -0.1) is 0 Å². The van der Waals surface area contributed by atoms with E-state index < -0.39 is 30.3 Å². The lowest BCUT2D eigenvalue weighted by molar-refractivity contribution is -0.0435. The number of ether oxygens (including phenoxy) is 2. The summed E-state index contributed by atoms with van der Waals surface area (Å²) in [6, 6.07) is 8.96. The van der Waals surface area contributed by atoms with Crippen molar-refractivity contribution < 1.29 is 39.5 Å². The molecule has 0 aromatic heterocycles. The van der Waals surface area contributed by atoms with Crippen LogP contribution in [0.1, 0.15) is 0 Å². The van der Waals surface area contributed by atoms with Gasteiger partial charge in [0.25, 0.3) is 9.84 Å². The van der Waals surface area contributed by atoms with Crippen molar-refractivity contribution in [1.29, 1.82) is 0 Å². The Bertz CT molecular complexity index is 1190. The van der Waals surface area contributed by atoms with Crippen LogP contribution in [0.15, 0.2) is 52.3 Å². The molecule has 0 bridgehead atoms. The third kappa shape index (κ3) is 4.36. The highest BCUT2D eigenvalue weighted by Gasteiger charge is 2.48. The van der Waals surface area contributed by atoms with Gasteiger partial charge in [-0.2, -0.15) is 17.5 Å². The van der Waals surface area contributed by atoms with Gasteiger partial charge in [-0.25, -0.2) is 16.8 Å². The van der Waals surface area contributed by atoms with Crippen LogP contribution in [0.2, 0.25) is 0 Å². The van der Waals surface area contributed by atoms with Crippen LogP contribution >= 0.6 is 0 Å². The van der Waals surface area contributed by atoms with E-state index in [1.165, 1.54) is 59.8 Å². The fourth-order valence-corrected chi connectivity index (χ4v) is 5.78. The number of sulfonamides is 1. The van der Waals surface area contributed by atoms with Crippen LogP contribution in [0.25, 0.3) is 0 Å². The molecule has 8 nitrogen and oxygen atoms in total. The highest BCUT2D eigenvalue weighted by atomic mass is 32.2. The lowest BCUT2D eigenvalue weighted by Gasteiger charge is -2.36. The summed E-state index contributed by atoms with van der Waals surface area (Å²) in [5.41, 5.74) is -5.56. The Kier molecular flexibility index (Phi) is 6.63. The topological polar surface area (TPSA) is 93.2 Å². The molecule has 3 rings (SSSR count). The fraction of sp³-hybridized carbons (Fsp3) is 0.368. The summed E-state index contributed by atoms with van der Waals surface area (Å²) in [5, 5.41) is 0. The molecule has 13 heteroatoms. The van der Waals surface area contributed by atoms with Gasteiger partial charge < -0.3 is 14.4 Å². The second-order valence-electron chi connectivity index (χ2n) is 6.82. The lowest BCUT2D eigenvalue weighted by Crippen LogP contribution is -2.49. The maximum Gasteiger partial charge on any atom is 0.501 e. The Labute approximate surface area is 184 Å². The zero-order valence-electron chi connectivity index (χ0n) is 17.2. The van der Waals surface area contributed by atoms with Crippen LogP contribution < -0.4 is 14.4 Å². The van der Waals surface area contributed by atoms with Gasteiger partial charge in [-0.3, -0.25) is 0 Å². The number of halogens is 3. The van der Waals surface area contributed by atoms with Crippen LogP contribution in [0.5, 0.6) is 11.5 Å². The Hall–Kier alpha value is -2.51. The van der Waals surface area contributed by atoms with Gasteiger partial charge in [0, 0.05) is 32.2 Å². The number of hydrogen-bond acceptors (Lipinski definition) is 7. The number of sulfone groups is 1. The first-order valence-corrected chi connectivity index (χ1v) is 12.2. The van der Waals surface area contributed by atoms with E-state index in [9.17, 15) is 30.0 Å². The Balaban J connectivity index is 1.84. The smallest absolute Gasteiger partial charge is 0.493 e. The summed E-state index contributed by atoms with van der Waals surface area (Å²) >= 11 is 0. The second kappa shape index (κ2) is 8.79. The van der Waals surface area contributed by atoms with Crippen molar-refractivity contribution >= 4 is 25.5 Å². The first-order chi connectivity index (χ1) is 14.9. The molecule has 0 spiro atoms. The summed E-state index contributed by atoms with van der Waals surface area (Å²) < 4.78 is 101. The standard InChI is InChI=1S/C19H21F3N2O6S2/c1-29-16-8-7-14(13-17(16)30-2)32(27,28)24-11-9-23(10-12-24)15-5-3-4-6-18(15)31(25,26)19(20,21)22/h3-8,13H,9-12H2,1-2H3. The molecule has 0 atom stereocenters. The number of piperazine rings is 1. The molecule has 1 heterocycles. The molecule has 1 aliphatic rings. The van der Waals surface area contributed by atoms with Crippen molar-refractivity contribution in [2.75, 3.05) is 45.3 Å². The summed E-state index contributed by atoms with van der Waals surface area (Å²) in [6.07, 6.45) is 0. The quantitative estimate of drug-likeness (QED) is 0.609. The second-order valence-corrected chi connectivity index (χ2v) is 10.7. The number of hydrogen-bond donors (Lipinski definition) is 0. The minimum atomic E-state index is -5.55. The molecule has 0 unspecified atom stereocenters. The molecule has 2 aromatic carbocycles. The Morgan fingerprint density at radius 1 is 0.844 bits per heavy atom. The summed E-state index contributed by atoms with van der Waals surface area (Å²) in [7, 11) is -6.68. The predicted octanol–water partition coefficient (Wildman–Crippen LogP) is 2.51. The van der Waals surface area contributed by atoms with Gasteiger partial charge in [0.05, 0.1) is 29.7 Å². The molecule has 0 amide bonds. The average Bonchev–Trinajstić information content (AvgIpc) is 2.77. The highest BCUT2D eigenvalue weighted by molar-refractivity contribution is 7.92. The van der Waals surface area contributed by atoms with Crippen LogP contribution in [0, 0.1) is 0 Å². The fourth-order valence-electron chi connectivity index (χ4n) is 3.37. The number of para-hydroxylation sites is 1. The first-order valence-electron chi connectivity index (χ1n) is 9.31. The van der Waals surface area contributed by atoms with E-state index in [2.05, 4.69) is 0 Å². The number of methoxy groups -OCH3 is 2. The first kappa shape index (κ1) is 24.1. The number of nitrogens with zero attached hydrogens (tertiary/aromatic N) is 2. The minimum Gasteiger partial charge on any atom is -0.493 e. The monoisotopic (exact) mass is 494 g/mol. The highest BCUT2D eigenvalue weighted by Crippen LogP contribution is 2.36. The third-order valence-electron chi connectivity index (χ3n) is 5.03. The van der Waals surface area contributed by atoms with Gasteiger partial charge in [0.15, 0.2) is 11.5 Å². The summed E-state index contributed by atoms with van der Waals surface area (Å²) in [5.74, 6) is 0.595. The number of alkyl halides is 3. The van der Waals surface area contributed by atoms with E-state index in [0.29, 0.717) is 5.75 Å². The SMILES string of the molecule is COc1ccc(S(=O)(=O)N2CCN(c3ccccc3S(=O)(=O)C(F)(F)F)CC2)cc1OC. The molecule has 0 aliphatic carbocycles. The van der Waals surface area contributed by atoms with Crippen molar-refractivity contribution in [3.63, 3.8) is 0 Å². The molecular formula is C19H21F3N2O6S2. The van der Waals surface area contributed by atoms with E-state index in [4.69, 9.17) is 9.47 Å². The van der Waals surface area contributed by atoms with Crippen LogP contribution in [0.3, 0.4) is 0 Å². The maximum atomic E-state index is 13.1. The molecule has 1 saturated heterocycles. The van der Waals surface area contributed by atoms with Crippen molar-refractivity contribution in [2.24, 2.45) is 0 Å². The van der Waals surface area contributed by atoms with Gasteiger partial charge in [0.1, 0.15) is 0 Å². The Morgan fingerprint density at radius 3 is 2.00 bits per heavy atom. The molecule has 2 aromatic rings. The molecule has 0 saturated carbocycles. The number of benzene rings is 2. The van der Waals surface area contributed by atoms with Crippen LogP contribution in [0.4, 0.5) is 18.9 Å². The zero-order valence-corrected chi connectivity index (χ0v) is 18.8. The Morgan fingerprint density at radius 2 is 1.44 bits per heavy atom. The normalized spacial score (nSPS) is 16.1. The zero-order chi connectivity index (χ0) is 23.7. The van der Waals surface area contributed by atoms with Gasteiger partial charge in [-0.05, 0) is 24.3 Å². The van der Waals surface area contributed by atoms with E-state index in [1.54, 1.807) is 0 Å². The third-order valence-corrected chi connectivity index (χ3v) is 8.46. The molecule has 176 valence electrons. The van der Waals surface area contributed by atoms with Crippen molar-refractivity contribution in [3.05, 3.63) is 42.5 Å². The average molecular weight is 495 g/mol. The predicted molar refractivity (Wildman–Crippen MR) is 110 cm³/mol. The lowest BCUT2D eigenvalue weighted by atomic mass is 10.2. The molecule has 32 heavy (non-hydrogen) atoms. The van der Waals surface area contributed by atoms with E-state index in [-0.39, 0.29) is 42.5 Å².